The second-order valence-corrected chi connectivity index (χ2v) is 6.79. The first kappa shape index (κ1) is 17.1. The van der Waals surface area contributed by atoms with Crippen molar-refractivity contribution in [3.63, 3.8) is 0 Å². The standard InChI is InChI=1S/C18H18F3N3O2/c19-18(20,21)17-13-3-1-2-4-15(13)24(23-17)11-5-6-12-10(7-11)8-14(22)16(12)26-9-25/h5-7,9,14,16H,1-4,8,22H2. The molecule has 0 saturated carbocycles. The molecule has 2 aromatic rings. The van der Waals surface area contributed by atoms with Crippen molar-refractivity contribution < 1.29 is 22.7 Å². The van der Waals surface area contributed by atoms with E-state index in [0.717, 1.165) is 24.0 Å². The third-order valence-corrected chi connectivity index (χ3v) is 5.17. The summed E-state index contributed by atoms with van der Waals surface area (Å²) >= 11 is 0. The van der Waals surface area contributed by atoms with Crippen molar-refractivity contribution >= 4 is 6.47 Å². The van der Waals surface area contributed by atoms with Crippen molar-refractivity contribution in [2.24, 2.45) is 5.73 Å². The molecule has 1 aromatic carbocycles. The molecule has 1 aromatic heterocycles. The van der Waals surface area contributed by atoms with Crippen LogP contribution in [0.1, 0.15) is 47.0 Å². The number of hydrogen-bond acceptors (Lipinski definition) is 4. The van der Waals surface area contributed by atoms with Crippen molar-refractivity contribution in [3.8, 4) is 5.69 Å². The van der Waals surface area contributed by atoms with Crippen LogP contribution in [0.4, 0.5) is 13.2 Å². The van der Waals surface area contributed by atoms with E-state index in [1.807, 2.05) is 0 Å². The molecule has 0 saturated heterocycles. The first-order valence-electron chi connectivity index (χ1n) is 8.56. The van der Waals surface area contributed by atoms with Gasteiger partial charge in [-0.2, -0.15) is 18.3 Å². The molecule has 2 aliphatic rings. The Labute approximate surface area is 147 Å². The Hall–Kier alpha value is -2.35. The molecule has 0 spiro atoms. The molecule has 2 unspecified atom stereocenters. The summed E-state index contributed by atoms with van der Waals surface area (Å²) in [5.74, 6) is 0. The molecule has 8 heteroatoms. The summed E-state index contributed by atoms with van der Waals surface area (Å²) in [6.45, 7) is 0.368. The van der Waals surface area contributed by atoms with Crippen LogP contribution in [0, 0.1) is 0 Å². The second-order valence-electron chi connectivity index (χ2n) is 6.79. The SMILES string of the molecule is NC1Cc2cc(-n3nc(C(F)(F)F)c4c3CCCC4)ccc2C1OC=O. The lowest BCUT2D eigenvalue weighted by Gasteiger charge is -2.16. The maximum Gasteiger partial charge on any atom is 0.435 e. The predicted molar refractivity (Wildman–Crippen MR) is 86.8 cm³/mol. The van der Waals surface area contributed by atoms with Crippen molar-refractivity contribution in [2.45, 2.75) is 50.4 Å². The van der Waals surface area contributed by atoms with Crippen LogP contribution in [-0.4, -0.2) is 22.3 Å². The molecular weight excluding hydrogens is 347 g/mol. The van der Waals surface area contributed by atoms with E-state index in [-0.39, 0.29) is 6.04 Å². The zero-order valence-electron chi connectivity index (χ0n) is 13.9. The molecule has 0 bridgehead atoms. The van der Waals surface area contributed by atoms with E-state index < -0.39 is 18.0 Å². The van der Waals surface area contributed by atoms with E-state index >= 15 is 0 Å². The monoisotopic (exact) mass is 365 g/mol. The average Bonchev–Trinajstić information content (AvgIpc) is 3.13. The normalized spacial score (nSPS) is 22.0. The van der Waals surface area contributed by atoms with Gasteiger partial charge in [0.2, 0.25) is 0 Å². The molecule has 5 nitrogen and oxygen atoms in total. The summed E-state index contributed by atoms with van der Waals surface area (Å²) in [5, 5.41) is 3.91. The van der Waals surface area contributed by atoms with Crippen LogP contribution in [-0.2, 0) is 35.0 Å². The Morgan fingerprint density at radius 1 is 1.27 bits per heavy atom. The van der Waals surface area contributed by atoms with Crippen LogP contribution in [0.5, 0.6) is 0 Å². The number of fused-ring (bicyclic) bond motifs is 2. The van der Waals surface area contributed by atoms with E-state index in [9.17, 15) is 18.0 Å². The highest BCUT2D eigenvalue weighted by Crippen LogP contribution is 2.38. The highest BCUT2D eigenvalue weighted by Gasteiger charge is 2.40. The summed E-state index contributed by atoms with van der Waals surface area (Å²) in [6.07, 6.45) is -1.92. The molecule has 1 heterocycles. The number of carbonyl (C=O) groups excluding carboxylic acids is 1. The van der Waals surface area contributed by atoms with Crippen LogP contribution in [0.2, 0.25) is 0 Å². The van der Waals surface area contributed by atoms with E-state index in [4.69, 9.17) is 10.5 Å². The number of nitrogens with two attached hydrogens (primary N) is 1. The van der Waals surface area contributed by atoms with E-state index in [2.05, 4.69) is 5.10 Å². The molecule has 2 aliphatic carbocycles. The van der Waals surface area contributed by atoms with Gasteiger partial charge in [0.05, 0.1) is 11.7 Å². The van der Waals surface area contributed by atoms with E-state index in [1.54, 1.807) is 18.2 Å². The van der Waals surface area contributed by atoms with Crippen LogP contribution < -0.4 is 5.73 Å². The molecule has 138 valence electrons. The van der Waals surface area contributed by atoms with Crippen LogP contribution >= 0.6 is 0 Å². The molecule has 0 fully saturated rings. The third-order valence-electron chi connectivity index (χ3n) is 5.17. The zero-order chi connectivity index (χ0) is 18.5. The minimum absolute atomic E-state index is 0.308. The fourth-order valence-corrected chi connectivity index (χ4v) is 4.04. The zero-order valence-corrected chi connectivity index (χ0v) is 13.9. The Morgan fingerprint density at radius 3 is 2.77 bits per heavy atom. The summed E-state index contributed by atoms with van der Waals surface area (Å²) in [6, 6.07) is 4.91. The van der Waals surface area contributed by atoms with Crippen LogP contribution in [0.25, 0.3) is 5.69 Å². The van der Waals surface area contributed by atoms with Gasteiger partial charge in [-0.05, 0) is 55.4 Å². The minimum Gasteiger partial charge on any atom is -0.458 e. The Kier molecular flexibility index (Phi) is 4.02. The lowest BCUT2D eigenvalue weighted by Crippen LogP contribution is -2.26. The van der Waals surface area contributed by atoms with Gasteiger partial charge >= 0.3 is 6.18 Å². The van der Waals surface area contributed by atoms with Crippen molar-refractivity contribution in [3.05, 3.63) is 46.3 Å². The van der Waals surface area contributed by atoms with Gasteiger partial charge in [-0.1, -0.05) is 6.07 Å². The summed E-state index contributed by atoms with van der Waals surface area (Å²) in [4.78, 5) is 10.7. The molecule has 2 atom stereocenters. The number of carbonyl (C=O) groups is 1. The number of alkyl halides is 3. The maximum absolute atomic E-state index is 13.4. The highest BCUT2D eigenvalue weighted by atomic mass is 19.4. The lowest BCUT2D eigenvalue weighted by atomic mass is 9.95. The Morgan fingerprint density at radius 2 is 2.04 bits per heavy atom. The van der Waals surface area contributed by atoms with Gasteiger partial charge in [0, 0.05) is 11.3 Å². The van der Waals surface area contributed by atoms with Crippen LogP contribution in [0.3, 0.4) is 0 Å². The maximum atomic E-state index is 13.4. The van der Waals surface area contributed by atoms with Gasteiger partial charge in [0.1, 0.15) is 6.10 Å². The van der Waals surface area contributed by atoms with Gasteiger partial charge in [-0.25, -0.2) is 4.68 Å². The van der Waals surface area contributed by atoms with Crippen LogP contribution in [0.15, 0.2) is 18.2 Å². The van der Waals surface area contributed by atoms with E-state index in [1.165, 1.54) is 4.68 Å². The van der Waals surface area contributed by atoms with Gasteiger partial charge in [0.25, 0.3) is 6.47 Å². The molecule has 0 radical (unpaired) electrons. The molecule has 0 amide bonds. The van der Waals surface area contributed by atoms with Crippen molar-refractivity contribution in [1.29, 1.82) is 0 Å². The molecule has 0 aliphatic heterocycles. The quantitative estimate of drug-likeness (QED) is 0.849. The minimum atomic E-state index is -4.46. The van der Waals surface area contributed by atoms with Gasteiger partial charge < -0.3 is 10.5 Å². The number of rotatable bonds is 3. The Balaban J connectivity index is 1.79. The highest BCUT2D eigenvalue weighted by molar-refractivity contribution is 5.49. The second kappa shape index (κ2) is 6.12. The fraction of sp³-hybridized carbons (Fsp3) is 0.444. The van der Waals surface area contributed by atoms with Crippen molar-refractivity contribution in [2.75, 3.05) is 0 Å². The predicted octanol–water partition coefficient (Wildman–Crippen LogP) is 2.87. The Bertz CT molecular complexity index is 860. The number of ether oxygens (including phenoxy) is 1. The van der Waals surface area contributed by atoms with Crippen molar-refractivity contribution in [1.82, 2.24) is 9.78 Å². The first-order chi connectivity index (χ1) is 12.4. The summed E-state index contributed by atoms with van der Waals surface area (Å²) < 4.78 is 46.6. The number of benzene rings is 1. The average molecular weight is 365 g/mol. The number of aromatic nitrogens is 2. The largest absolute Gasteiger partial charge is 0.458 e. The number of nitrogens with zero attached hydrogens (tertiary/aromatic N) is 2. The van der Waals surface area contributed by atoms with E-state index in [0.29, 0.717) is 42.7 Å². The fourth-order valence-electron chi connectivity index (χ4n) is 4.04. The molecule has 2 N–H and O–H groups in total. The third kappa shape index (κ3) is 2.68. The molecule has 26 heavy (non-hydrogen) atoms. The first-order valence-corrected chi connectivity index (χ1v) is 8.56. The number of hydrogen-bond donors (Lipinski definition) is 1. The molecule has 4 rings (SSSR count). The summed E-state index contributed by atoms with van der Waals surface area (Å²) in [5.41, 5.74) is 8.42. The lowest BCUT2D eigenvalue weighted by molar-refractivity contribution is -0.142. The number of halogens is 3. The smallest absolute Gasteiger partial charge is 0.435 e. The van der Waals surface area contributed by atoms with Gasteiger partial charge in [0.15, 0.2) is 5.69 Å². The van der Waals surface area contributed by atoms with Gasteiger partial charge in [-0.15, -0.1) is 0 Å². The molecular formula is C18H18F3N3O2. The topological polar surface area (TPSA) is 70.1 Å². The van der Waals surface area contributed by atoms with Gasteiger partial charge in [-0.3, -0.25) is 4.79 Å². The summed E-state index contributed by atoms with van der Waals surface area (Å²) in [7, 11) is 0.